The van der Waals surface area contributed by atoms with Crippen LogP contribution in [0.5, 0.6) is 11.5 Å². The molecule has 1 heterocycles. The third kappa shape index (κ3) is 2.76. The van der Waals surface area contributed by atoms with Gasteiger partial charge in [0.1, 0.15) is 23.4 Å². The molecule has 2 aromatic carbocycles. The van der Waals surface area contributed by atoms with E-state index in [1.54, 1.807) is 25.3 Å². The fourth-order valence-electron chi connectivity index (χ4n) is 2.83. The molecule has 0 aliphatic carbocycles. The minimum atomic E-state index is -0.288. The summed E-state index contributed by atoms with van der Waals surface area (Å²) in [7, 11) is 3.45. The monoisotopic (exact) mass is 321 g/mol. The second-order valence-electron chi connectivity index (χ2n) is 5.29. The van der Waals surface area contributed by atoms with Gasteiger partial charge in [0.15, 0.2) is 0 Å². The number of hydrogen-bond donors (Lipinski definition) is 1. The van der Waals surface area contributed by atoms with Crippen LogP contribution < -0.4 is 14.8 Å². The van der Waals surface area contributed by atoms with E-state index in [4.69, 9.17) is 21.1 Å². The van der Waals surface area contributed by atoms with E-state index in [9.17, 15) is 4.39 Å². The Labute approximate surface area is 134 Å². The minimum absolute atomic E-state index is 0.00530. The molecule has 0 radical (unpaired) electrons. The Hall–Kier alpha value is -1.78. The van der Waals surface area contributed by atoms with E-state index in [1.807, 2.05) is 7.05 Å². The molecule has 0 spiro atoms. The fourth-order valence-corrected chi connectivity index (χ4v) is 3.00. The van der Waals surface area contributed by atoms with Crippen molar-refractivity contribution in [3.05, 3.63) is 46.7 Å². The van der Waals surface area contributed by atoms with Gasteiger partial charge in [-0.3, -0.25) is 0 Å². The van der Waals surface area contributed by atoms with Crippen molar-refractivity contribution >= 4 is 11.6 Å². The Morgan fingerprint density at radius 2 is 2.14 bits per heavy atom. The van der Waals surface area contributed by atoms with Gasteiger partial charge in [-0.25, -0.2) is 4.39 Å². The smallest absolute Gasteiger partial charge is 0.131 e. The maximum absolute atomic E-state index is 14.0. The van der Waals surface area contributed by atoms with Crippen molar-refractivity contribution < 1.29 is 13.9 Å². The first-order valence-corrected chi connectivity index (χ1v) is 7.47. The van der Waals surface area contributed by atoms with Gasteiger partial charge in [0.25, 0.3) is 0 Å². The zero-order chi connectivity index (χ0) is 15.7. The number of nitrogens with one attached hydrogen (secondary N) is 1. The molecule has 1 atom stereocenters. The Morgan fingerprint density at radius 1 is 1.32 bits per heavy atom. The molecular formula is C17H17ClFNO2. The Kier molecular flexibility index (Phi) is 4.23. The van der Waals surface area contributed by atoms with Crippen molar-refractivity contribution in [3.63, 3.8) is 0 Å². The molecular weight excluding hydrogens is 305 g/mol. The highest BCUT2D eigenvalue weighted by Crippen LogP contribution is 2.43. The first-order chi connectivity index (χ1) is 10.6. The third-order valence-corrected chi connectivity index (χ3v) is 3.98. The van der Waals surface area contributed by atoms with Gasteiger partial charge in [-0.2, -0.15) is 0 Å². The molecule has 3 nitrogen and oxygen atoms in total. The molecule has 1 aliphatic heterocycles. The maximum atomic E-state index is 14.0. The summed E-state index contributed by atoms with van der Waals surface area (Å²) in [6.07, 6.45) is 0.690. The summed E-state index contributed by atoms with van der Waals surface area (Å²) in [5.74, 6) is 1.06. The summed E-state index contributed by atoms with van der Waals surface area (Å²) in [5, 5.41) is 3.65. The molecule has 1 unspecified atom stereocenters. The van der Waals surface area contributed by atoms with Crippen LogP contribution in [-0.4, -0.2) is 26.8 Å². The van der Waals surface area contributed by atoms with Crippen LogP contribution in [0.1, 0.15) is 5.56 Å². The van der Waals surface area contributed by atoms with Crippen molar-refractivity contribution in [1.29, 1.82) is 0 Å². The van der Waals surface area contributed by atoms with Crippen LogP contribution in [0.25, 0.3) is 11.1 Å². The lowest BCUT2D eigenvalue weighted by molar-refractivity contribution is 0.232. The highest BCUT2D eigenvalue weighted by molar-refractivity contribution is 6.31. The second kappa shape index (κ2) is 6.15. The van der Waals surface area contributed by atoms with Crippen molar-refractivity contribution in [2.75, 3.05) is 20.7 Å². The molecule has 0 aromatic heterocycles. The number of halogens is 2. The van der Waals surface area contributed by atoms with Gasteiger partial charge in [0.05, 0.1) is 7.11 Å². The Bertz CT molecular complexity index is 705. The molecule has 2 aromatic rings. The largest absolute Gasteiger partial charge is 0.496 e. The van der Waals surface area contributed by atoms with E-state index in [-0.39, 0.29) is 11.9 Å². The van der Waals surface area contributed by atoms with Crippen molar-refractivity contribution in [3.8, 4) is 22.6 Å². The fraction of sp³-hybridized carbons (Fsp3) is 0.294. The quantitative estimate of drug-likeness (QED) is 0.932. The lowest BCUT2D eigenvalue weighted by Gasteiger charge is -2.14. The van der Waals surface area contributed by atoms with E-state index in [0.29, 0.717) is 35.1 Å². The molecule has 0 saturated heterocycles. The van der Waals surface area contributed by atoms with Crippen molar-refractivity contribution in [2.45, 2.75) is 12.5 Å². The summed E-state index contributed by atoms with van der Waals surface area (Å²) >= 11 is 6.09. The summed E-state index contributed by atoms with van der Waals surface area (Å²) in [4.78, 5) is 0. The number of ether oxygens (including phenoxy) is 2. The average molecular weight is 322 g/mol. The van der Waals surface area contributed by atoms with E-state index in [0.717, 1.165) is 11.1 Å². The van der Waals surface area contributed by atoms with Crippen LogP contribution in [-0.2, 0) is 6.42 Å². The molecule has 1 aliphatic rings. The van der Waals surface area contributed by atoms with Crippen LogP contribution in [0.15, 0.2) is 30.3 Å². The molecule has 1 N–H and O–H groups in total. The normalized spacial score (nSPS) is 16.3. The summed E-state index contributed by atoms with van der Waals surface area (Å²) < 4.78 is 25.4. The van der Waals surface area contributed by atoms with E-state index in [2.05, 4.69) is 5.32 Å². The first kappa shape index (κ1) is 15.1. The molecule has 0 fully saturated rings. The predicted molar refractivity (Wildman–Crippen MR) is 85.4 cm³/mol. The van der Waals surface area contributed by atoms with E-state index < -0.39 is 0 Å². The van der Waals surface area contributed by atoms with Gasteiger partial charge in [-0.15, -0.1) is 0 Å². The summed E-state index contributed by atoms with van der Waals surface area (Å²) in [6.45, 7) is 0.711. The second-order valence-corrected chi connectivity index (χ2v) is 5.72. The number of benzene rings is 2. The predicted octanol–water partition coefficient (Wildman–Crippen LogP) is 3.68. The van der Waals surface area contributed by atoms with Gasteiger partial charge in [-0.1, -0.05) is 11.6 Å². The number of methoxy groups -OCH3 is 1. The number of hydrogen-bond acceptors (Lipinski definition) is 3. The van der Waals surface area contributed by atoms with Crippen LogP contribution in [0.4, 0.5) is 4.39 Å². The van der Waals surface area contributed by atoms with Gasteiger partial charge < -0.3 is 14.8 Å². The molecule has 0 saturated carbocycles. The standard InChI is InChI=1S/C17H17ClFNO2/c1-20-9-13-6-10-5-12(19)8-15(17(10)22-13)14-7-11(18)3-4-16(14)21-2/h3-5,7-8,13,20H,6,9H2,1-2H3. The summed E-state index contributed by atoms with van der Waals surface area (Å²) in [5.41, 5.74) is 2.28. The number of fused-ring (bicyclic) bond motifs is 1. The lowest BCUT2D eigenvalue weighted by Crippen LogP contribution is -2.27. The third-order valence-electron chi connectivity index (χ3n) is 3.75. The van der Waals surface area contributed by atoms with Crippen LogP contribution in [0.3, 0.4) is 0 Å². The Balaban J connectivity index is 2.12. The van der Waals surface area contributed by atoms with E-state index in [1.165, 1.54) is 12.1 Å². The summed E-state index contributed by atoms with van der Waals surface area (Å²) in [6, 6.07) is 8.29. The van der Waals surface area contributed by atoms with Crippen LogP contribution >= 0.6 is 11.6 Å². The van der Waals surface area contributed by atoms with Gasteiger partial charge in [0.2, 0.25) is 0 Å². The molecule has 0 bridgehead atoms. The van der Waals surface area contributed by atoms with Crippen LogP contribution in [0, 0.1) is 5.82 Å². The minimum Gasteiger partial charge on any atom is -0.496 e. The molecule has 3 rings (SSSR count). The Morgan fingerprint density at radius 3 is 2.86 bits per heavy atom. The topological polar surface area (TPSA) is 30.5 Å². The molecule has 116 valence electrons. The average Bonchev–Trinajstić information content (AvgIpc) is 2.89. The number of rotatable bonds is 4. The van der Waals surface area contributed by atoms with Crippen LogP contribution in [0.2, 0.25) is 5.02 Å². The number of likely N-dealkylation sites (N-methyl/N-ethyl adjacent to an activating group) is 1. The highest BCUT2D eigenvalue weighted by atomic mass is 35.5. The lowest BCUT2D eigenvalue weighted by atomic mass is 9.99. The van der Waals surface area contributed by atoms with Crippen molar-refractivity contribution in [1.82, 2.24) is 5.32 Å². The molecule has 0 amide bonds. The van der Waals surface area contributed by atoms with Crippen molar-refractivity contribution in [2.24, 2.45) is 0 Å². The van der Waals surface area contributed by atoms with Gasteiger partial charge in [0, 0.05) is 34.7 Å². The SMILES string of the molecule is CNCC1Cc2cc(F)cc(-c3cc(Cl)ccc3OC)c2O1. The zero-order valence-corrected chi connectivity index (χ0v) is 13.2. The molecule has 22 heavy (non-hydrogen) atoms. The maximum Gasteiger partial charge on any atom is 0.131 e. The highest BCUT2D eigenvalue weighted by Gasteiger charge is 2.27. The van der Waals surface area contributed by atoms with E-state index >= 15 is 0 Å². The van der Waals surface area contributed by atoms with Gasteiger partial charge >= 0.3 is 0 Å². The first-order valence-electron chi connectivity index (χ1n) is 7.10. The zero-order valence-electron chi connectivity index (χ0n) is 12.5. The van der Waals surface area contributed by atoms with Gasteiger partial charge in [-0.05, 0) is 37.4 Å². The molecule has 5 heteroatoms.